The fraction of sp³-hybridized carbons (Fsp3) is 0.235. The SMILES string of the molecule is CCSc1cccc(Sc2ccc(C)cc2C)c1C#N. The normalized spacial score (nSPS) is 10.3. The van der Waals surface area contributed by atoms with Crippen LogP contribution in [0.25, 0.3) is 0 Å². The second kappa shape index (κ2) is 6.88. The van der Waals surface area contributed by atoms with E-state index < -0.39 is 0 Å². The van der Waals surface area contributed by atoms with Crippen LogP contribution in [0.2, 0.25) is 0 Å². The van der Waals surface area contributed by atoms with Gasteiger partial charge in [-0.15, -0.1) is 11.8 Å². The molecule has 0 heterocycles. The molecule has 20 heavy (non-hydrogen) atoms. The van der Waals surface area contributed by atoms with Crippen LogP contribution in [0.5, 0.6) is 0 Å². The molecule has 0 fully saturated rings. The second-order valence-electron chi connectivity index (χ2n) is 4.55. The minimum absolute atomic E-state index is 0.796. The molecule has 2 aromatic carbocycles. The molecular formula is C17H17NS2. The number of rotatable bonds is 4. The van der Waals surface area contributed by atoms with Gasteiger partial charge in [-0.3, -0.25) is 0 Å². The third-order valence-corrected chi connectivity index (χ3v) is 5.13. The number of aryl methyl sites for hydroxylation is 2. The quantitative estimate of drug-likeness (QED) is 0.702. The Morgan fingerprint density at radius 1 is 1.05 bits per heavy atom. The molecule has 0 aromatic heterocycles. The van der Waals surface area contributed by atoms with E-state index in [9.17, 15) is 5.26 Å². The van der Waals surface area contributed by atoms with Gasteiger partial charge in [-0.1, -0.05) is 42.4 Å². The Balaban J connectivity index is 2.38. The number of nitriles is 1. The summed E-state index contributed by atoms with van der Waals surface area (Å²) in [7, 11) is 0. The van der Waals surface area contributed by atoms with Crippen LogP contribution in [0, 0.1) is 25.2 Å². The lowest BCUT2D eigenvalue weighted by Crippen LogP contribution is -1.88. The van der Waals surface area contributed by atoms with Crippen molar-refractivity contribution in [2.24, 2.45) is 0 Å². The third kappa shape index (κ3) is 3.39. The molecule has 102 valence electrons. The number of thioether (sulfide) groups is 1. The topological polar surface area (TPSA) is 23.8 Å². The number of hydrogen-bond donors (Lipinski definition) is 0. The van der Waals surface area contributed by atoms with Crippen molar-refractivity contribution in [3.05, 3.63) is 53.1 Å². The smallest absolute Gasteiger partial charge is 0.101 e. The molecule has 0 aliphatic heterocycles. The highest BCUT2D eigenvalue weighted by Crippen LogP contribution is 2.36. The van der Waals surface area contributed by atoms with Crippen molar-refractivity contribution in [1.82, 2.24) is 0 Å². The highest BCUT2D eigenvalue weighted by atomic mass is 32.2. The van der Waals surface area contributed by atoms with Gasteiger partial charge in [-0.2, -0.15) is 5.26 Å². The van der Waals surface area contributed by atoms with E-state index in [1.54, 1.807) is 23.5 Å². The monoisotopic (exact) mass is 299 g/mol. The highest BCUT2D eigenvalue weighted by molar-refractivity contribution is 8.00. The Labute approximate surface area is 129 Å². The van der Waals surface area contributed by atoms with E-state index in [2.05, 4.69) is 45.0 Å². The molecule has 0 aliphatic rings. The number of nitrogens with zero attached hydrogens (tertiary/aromatic N) is 1. The molecule has 0 unspecified atom stereocenters. The van der Waals surface area contributed by atoms with Gasteiger partial charge in [0.2, 0.25) is 0 Å². The van der Waals surface area contributed by atoms with E-state index in [0.29, 0.717) is 0 Å². The lowest BCUT2D eigenvalue weighted by atomic mass is 10.2. The molecule has 2 rings (SSSR count). The van der Waals surface area contributed by atoms with Crippen LogP contribution in [0.1, 0.15) is 23.6 Å². The van der Waals surface area contributed by atoms with Crippen molar-refractivity contribution >= 4 is 23.5 Å². The molecule has 0 amide bonds. The van der Waals surface area contributed by atoms with Gasteiger partial charge in [0.1, 0.15) is 6.07 Å². The zero-order valence-electron chi connectivity index (χ0n) is 11.9. The van der Waals surface area contributed by atoms with Gasteiger partial charge >= 0.3 is 0 Å². The maximum absolute atomic E-state index is 9.44. The maximum Gasteiger partial charge on any atom is 0.101 e. The molecule has 0 aliphatic carbocycles. The standard InChI is InChI=1S/C17H17NS2/c1-4-19-16-6-5-7-17(14(16)11-18)20-15-9-8-12(2)10-13(15)3/h5-10H,4H2,1-3H3. The Morgan fingerprint density at radius 2 is 1.80 bits per heavy atom. The van der Waals surface area contributed by atoms with Crippen molar-refractivity contribution in [3.63, 3.8) is 0 Å². The van der Waals surface area contributed by atoms with Gasteiger partial charge in [0.25, 0.3) is 0 Å². The van der Waals surface area contributed by atoms with Crippen molar-refractivity contribution in [2.45, 2.75) is 35.5 Å². The average Bonchev–Trinajstić information content (AvgIpc) is 2.42. The summed E-state index contributed by atoms with van der Waals surface area (Å²) in [5, 5.41) is 9.44. The number of benzene rings is 2. The third-order valence-electron chi connectivity index (χ3n) is 2.95. The van der Waals surface area contributed by atoms with Crippen LogP contribution in [0.4, 0.5) is 0 Å². The predicted octanol–water partition coefficient (Wildman–Crippen LogP) is 5.44. The summed E-state index contributed by atoms with van der Waals surface area (Å²) in [6, 6.07) is 14.9. The van der Waals surface area contributed by atoms with Gasteiger partial charge in [-0.25, -0.2) is 0 Å². The summed E-state index contributed by atoms with van der Waals surface area (Å²) in [5.74, 6) is 0.979. The summed E-state index contributed by atoms with van der Waals surface area (Å²) in [6.07, 6.45) is 0. The van der Waals surface area contributed by atoms with Crippen LogP contribution in [0.3, 0.4) is 0 Å². The van der Waals surface area contributed by atoms with Crippen molar-refractivity contribution in [2.75, 3.05) is 5.75 Å². The molecule has 0 bridgehead atoms. The molecule has 2 aromatic rings. The summed E-state index contributed by atoms with van der Waals surface area (Å²) >= 11 is 3.40. The van der Waals surface area contributed by atoms with E-state index >= 15 is 0 Å². The molecule has 0 spiro atoms. The van der Waals surface area contributed by atoms with Gasteiger partial charge in [-0.05, 0) is 43.4 Å². The van der Waals surface area contributed by atoms with Gasteiger partial charge in [0, 0.05) is 14.7 Å². The fourth-order valence-electron chi connectivity index (χ4n) is 2.01. The summed E-state index contributed by atoms with van der Waals surface area (Å²) < 4.78 is 0. The molecule has 1 nitrogen and oxygen atoms in total. The first-order valence-corrected chi connectivity index (χ1v) is 8.37. The molecule has 0 saturated carbocycles. The van der Waals surface area contributed by atoms with Gasteiger partial charge in [0.15, 0.2) is 0 Å². The highest BCUT2D eigenvalue weighted by Gasteiger charge is 2.10. The van der Waals surface area contributed by atoms with Crippen LogP contribution in [0.15, 0.2) is 51.1 Å². The van der Waals surface area contributed by atoms with Gasteiger partial charge in [0.05, 0.1) is 5.56 Å². The summed E-state index contributed by atoms with van der Waals surface area (Å²) in [5.41, 5.74) is 3.32. The fourth-order valence-corrected chi connectivity index (χ4v) is 3.86. The lowest BCUT2D eigenvalue weighted by Gasteiger charge is -2.10. The van der Waals surface area contributed by atoms with E-state index in [1.807, 2.05) is 18.2 Å². The average molecular weight is 299 g/mol. The molecule has 0 saturated heterocycles. The van der Waals surface area contributed by atoms with Crippen molar-refractivity contribution < 1.29 is 0 Å². The minimum Gasteiger partial charge on any atom is -0.192 e. The predicted molar refractivity (Wildman–Crippen MR) is 87.6 cm³/mol. The van der Waals surface area contributed by atoms with Crippen LogP contribution >= 0.6 is 23.5 Å². The maximum atomic E-state index is 9.44. The molecule has 0 atom stereocenters. The Morgan fingerprint density at radius 3 is 2.45 bits per heavy atom. The van der Waals surface area contributed by atoms with Crippen LogP contribution < -0.4 is 0 Å². The van der Waals surface area contributed by atoms with E-state index in [1.165, 1.54) is 16.0 Å². The van der Waals surface area contributed by atoms with Crippen molar-refractivity contribution in [1.29, 1.82) is 5.26 Å². The lowest BCUT2D eigenvalue weighted by molar-refractivity contribution is 1.23. The zero-order valence-corrected chi connectivity index (χ0v) is 13.6. The number of hydrogen-bond acceptors (Lipinski definition) is 3. The van der Waals surface area contributed by atoms with E-state index in [4.69, 9.17) is 0 Å². The van der Waals surface area contributed by atoms with Crippen molar-refractivity contribution in [3.8, 4) is 6.07 Å². The first-order chi connectivity index (χ1) is 9.65. The minimum atomic E-state index is 0.796. The summed E-state index contributed by atoms with van der Waals surface area (Å²) in [4.78, 5) is 3.33. The van der Waals surface area contributed by atoms with Crippen LogP contribution in [-0.2, 0) is 0 Å². The zero-order chi connectivity index (χ0) is 14.5. The first kappa shape index (κ1) is 15.0. The van der Waals surface area contributed by atoms with Gasteiger partial charge < -0.3 is 0 Å². The Bertz CT molecular complexity index is 657. The molecule has 0 radical (unpaired) electrons. The Kier molecular flexibility index (Phi) is 5.17. The largest absolute Gasteiger partial charge is 0.192 e. The summed E-state index contributed by atoms with van der Waals surface area (Å²) in [6.45, 7) is 6.32. The first-order valence-electron chi connectivity index (χ1n) is 6.56. The second-order valence-corrected chi connectivity index (χ2v) is 6.93. The van der Waals surface area contributed by atoms with E-state index in [-0.39, 0.29) is 0 Å². The molecule has 0 N–H and O–H groups in total. The van der Waals surface area contributed by atoms with E-state index in [0.717, 1.165) is 21.1 Å². The molecular weight excluding hydrogens is 282 g/mol. The molecule has 3 heteroatoms. The Hall–Kier alpha value is -1.37. The van der Waals surface area contributed by atoms with Crippen LogP contribution in [-0.4, -0.2) is 5.75 Å².